The van der Waals surface area contributed by atoms with Crippen molar-refractivity contribution in [1.82, 2.24) is 14.9 Å². The molecule has 0 radical (unpaired) electrons. The maximum atomic E-state index is 11.7. The van der Waals surface area contributed by atoms with E-state index in [2.05, 4.69) is 14.9 Å². The Bertz CT molecular complexity index is 387. The highest BCUT2D eigenvalue weighted by molar-refractivity contribution is 7.07. The van der Waals surface area contributed by atoms with Crippen LogP contribution in [-0.2, 0) is 4.74 Å². The average molecular weight is 243 g/mol. The van der Waals surface area contributed by atoms with Crippen LogP contribution < -0.4 is 5.32 Å². The second-order valence-corrected chi connectivity index (χ2v) is 4.65. The first kappa shape index (κ1) is 11.4. The van der Waals surface area contributed by atoms with Crippen LogP contribution in [0.1, 0.15) is 21.8 Å². The lowest BCUT2D eigenvalue weighted by atomic mass is 10.0. The van der Waals surface area contributed by atoms with Gasteiger partial charge in [-0.3, -0.25) is 4.79 Å². The van der Waals surface area contributed by atoms with Crippen molar-refractivity contribution >= 4 is 17.4 Å². The van der Waals surface area contributed by atoms with E-state index in [0.29, 0.717) is 23.6 Å². The van der Waals surface area contributed by atoms with Gasteiger partial charge in [-0.25, -0.2) is 0 Å². The molecule has 1 aliphatic heterocycles. The second kappa shape index (κ2) is 4.44. The molecule has 2 heterocycles. The van der Waals surface area contributed by atoms with E-state index in [0.717, 1.165) is 11.5 Å². The van der Waals surface area contributed by atoms with Gasteiger partial charge in [-0.1, -0.05) is 4.49 Å². The first-order valence-electron chi connectivity index (χ1n) is 4.98. The van der Waals surface area contributed by atoms with Gasteiger partial charge in [0, 0.05) is 19.6 Å². The molecule has 0 aliphatic carbocycles. The summed E-state index contributed by atoms with van der Waals surface area (Å²) in [5.41, 5.74) is -0.320. The molecule has 0 saturated carbocycles. The number of aliphatic hydroxyl groups is 1. The minimum atomic E-state index is -0.929. The summed E-state index contributed by atoms with van der Waals surface area (Å²) in [6.07, 6.45) is 0.549. The summed E-state index contributed by atoms with van der Waals surface area (Å²) in [7, 11) is 0. The van der Waals surface area contributed by atoms with Crippen molar-refractivity contribution in [3.05, 3.63) is 10.6 Å². The Hall–Kier alpha value is -1.05. The number of amides is 1. The molecule has 1 aliphatic rings. The normalized spacial score (nSPS) is 24.6. The second-order valence-electron chi connectivity index (χ2n) is 3.90. The van der Waals surface area contributed by atoms with Crippen LogP contribution in [-0.4, -0.2) is 46.0 Å². The van der Waals surface area contributed by atoms with Gasteiger partial charge in [-0.15, -0.1) is 5.10 Å². The number of carbonyl (C=O) groups is 1. The number of nitrogens with one attached hydrogen (secondary N) is 1. The lowest BCUT2D eigenvalue weighted by Crippen LogP contribution is -2.43. The minimum Gasteiger partial charge on any atom is -0.386 e. The fraction of sp³-hybridized carbons (Fsp3) is 0.667. The Balaban J connectivity index is 1.91. The summed E-state index contributed by atoms with van der Waals surface area (Å²) >= 11 is 1.05. The molecule has 88 valence electrons. The van der Waals surface area contributed by atoms with Crippen LogP contribution in [0.5, 0.6) is 0 Å². The largest absolute Gasteiger partial charge is 0.386 e. The summed E-state index contributed by atoms with van der Waals surface area (Å²) in [6, 6.07) is 0. The molecule has 1 fully saturated rings. The number of rotatable bonds is 3. The van der Waals surface area contributed by atoms with Gasteiger partial charge in [0.1, 0.15) is 10.5 Å². The predicted octanol–water partition coefficient (Wildman–Crippen LogP) is -0.272. The summed E-state index contributed by atoms with van der Waals surface area (Å²) in [4.78, 5) is 12.2. The van der Waals surface area contributed by atoms with E-state index in [1.165, 1.54) is 0 Å². The first-order chi connectivity index (χ1) is 7.61. The molecule has 1 unspecified atom stereocenters. The zero-order valence-electron chi connectivity index (χ0n) is 8.89. The van der Waals surface area contributed by atoms with Crippen LogP contribution in [0.2, 0.25) is 0 Å². The monoisotopic (exact) mass is 243 g/mol. The summed E-state index contributed by atoms with van der Waals surface area (Å²) < 4.78 is 8.77. The third-order valence-corrected chi connectivity index (χ3v) is 3.34. The fourth-order valence-corrected chi connectivity index (χ4v) is 2.07. The first-order valence-corrected chi connectivity index (χ1v) is 5.75. The van der Waals surface area contributed by atoms with E-state index in [1.54, 1.807) is 6.92 Å². The zero-order chi connectivity index (χ0) is 11.6. The molecule has 0 bridgehead atoms. The van der Waals surface area contributed by atoms with Crippen molar-refractivity contribution < 1.29 is 14.6 Å². The number of nitrogens with zero attached hydrogens (tertiary/aromatic N) is 2. The van der Waals surface area contributed by atoms with Gasteiger partial charge in [-0.05, 0) is 18.5 Å². The highest BCUT2D eigenvalue weighted by atomic mass is 32.1. The molecular weight excluding hydrogens is 230 g/mol. The molecule has 0 aromatic carbocycles. The van der Waals surface area contributed by atoms with E-state index in [-0.39, 0.29) is 19.1 Å². The van der Waals surface area contributed by atoms with Gasteiger partial charge < -0.3 is 15.2 Å². The number of aryl methyl sites for hydroxylation is 1. The molecular formula is C9H13N3O3S. The molecule has 6 nitrogen and oxygen atoms in total. The smallest absolute Gasteiger partial charge is 0.265 e. The van der Waals surface area contributed by atoms with Gasteiger partial charge in [0.15, 0.2) is 0 Å². The molecule has 1 saturated heterocycles. The molecule has 1 aromatic rings. The highest BCUT2D eigenvalue weighted by Gasteiger charge is 2.32. The Morgan fingerprint density at radius 1 is 1.75 bits per heavy atom. The Morgan fingerprint density at radius 2 is 2.56 bits per heavy atom. The van der Waals surface area contributed by atoms with Gasteiger partial charge in [0.25, 0.3) is 5.91 Å². The maximum Gasteiger partial charge on any atom is 0.265 e. The van der Waals surface area contributed by atoms with Crippen LogP contribution in [0, 0.1) is 6.92 Å². The topological polar surface area (TPSA) is 84.3 Å². The number of aromatic nitrogens is 2. The van der Waals surface area contributed by atoms with Gasteiger partial charge in [-0.2, -0.15) is 0 Å². The van der Waals surface area contributed by atoms with E-state index in [1.807, 2.05) is 0 Å². The van der Waals surface area contributed by atoms with E-state index < -0.39 is 5.60 Å². The van der Waals surface area contributed by atoms with Crippen LogP contribution in [0.15, 0.2) is 0 Å². The van der Waals surface area contributed by atoms with E-state index >= 15 is 0 Å². The molecule has 7 heteroatoms. The molecule has 0 spiro atoms. The Labute approximate surface area is 96.8 Å². The van der Waals surface area contributed by atoms with Crippen molar-refractivity contribution in [2.45, 2.75) is 18.9 Å². The van der Waals surface area contributed by atoms with Gasteiger partial charge in [0.2, 0.25) is 0 Å². The SMILES string of the molecule is Cc1nnsc1C(=O)NCC1(O)CCOC1. The van der Waals surface area contributed by atoms with Crippen molar-refractivity contribution in [3.8, 4) is 0 Å². The van der Waals surface area contributed by atoms with Crippen LogP contribution in [0.25, 0.3) is 0 Å². The fourth-order valence-electron chi connectivity index (χ4n) is 1.50. The third kappa shape index (κ3) is 2.37. The highest BCUT2D eigenvalue weighted by Crippen LogP contribution is 2.17. The Morgan fingerprint density at radius 3 is 3.12 bits per heavy atom. The summed E-state index contributed by atoms with van der Waals surface area (Å²) in [5.74, 6) is -0.243. The van der Waals surface area contributed by atoms with E-state index in [9.17, 15) is 9.90 Å². The van der Waals surface area contributed by atoms with Crippen molar-refractivity contribution in [2.24, 2.45) is 0 Å². The van der Waals surface area contributed by atoms with Gasteiger partial charge in [0.05, 0.1) is 12.3 Å². The molecule has 16 heavy (non-hydrogen) atoms. The van der Waals surface area contributed by atoms with Crippen LogP contribution in [0.3, 0.4) is 0 Å². The molecule has 1 amide bonds. The minimum absolute atomic E-state index is 0.198. The third-order valence-electron chi connectivity index (χ3n) is 2.52. The van der Waals surface area contributed by atoms with Crippen LogP contribution in [0.4, 0.5) is 0 Å². The summed E-state index contributed by atoms with van der Waals surface area (Å²) in [5, 5.41) is 16.4. The lowest BCUT2D eigenvalue weighted by molar-refractivity contribution is 0.0265. The van der Waals surface area contributed by atoms with Crippen LogP contribution >= 0.6 is 11.5 Å². The average Bonchev–Trinajstić information content (AvgIpc) is 2.85. The summed E-state index contributed by atoms with van der Waals surface area (Å²) in [6.45, 7) is 2.73. The lowest BCUT2D eigenvalue weighted by Gasteiger charge is -2.20. The standard InChI is InChI=1S/C9H13N3O3S/c1-6-7(16-12-11-6)8(13)10-4-9(14)2-3-15-5-9/h14H,2-5H2,1H3,(H,10,13). The number of hydrogen-bond acceptors (Lipinski definition) is 6. The van der Waals surface area contributed by atoms with Crippen molar-refractivity contribution in [3.63, 3.8) is 0 Å². The van der Waals surface area contributed by atoms with Gasteiger partial charge >= 0.3 is 0 Å². The Kier molecular flexibility index (Phi) is 3.17. The molecule has 2 N–H and O–H groups in total. The molecule has 2 rings (SSSR count). The zero-order valence-corrected chi connectivity index (χ0v) is 9.71. The quantitative estimate of drug-likeness (QED) is 0.763. The number of hydrogen-bond donors (Lipinski definition) is 2. The number of carbonyl (C=O) groups excluding carboxylic acids is 1. The van der Waals surface area contributed by atoms with E-state index in [4.69, 9.17) is 4.74 Å². The van der Waals surface area contributed by atoms with Crippen molar-refractivity contribution in [2.75, 3.05) is 19.8 Å². The maximum absolute atomic E-state index is 11.7. The number of ether oxygens (including phenoxy) is 1. The van der Waals surface area contributed by atoms with Crippen molar-refractivity contribution in [1.29, 1.82) is 0 Å². The molecule has 1 atom stereocenters. The predicted molar refractivity (Wildman–Crippen MR) is 57.4 cm³/mol. The molecule has 1 aromatic heterocycles.